The molecule has 0 saturated carbocycles. The molecule has 0 radical (unpaired) electrons. The van der Waals surface area contributed by atoms with Crippen LogP contribution in [-0.2, 0) is 0 Å². The Morgan fingerprint density at radius 1 is 1.26 bits per heavy atom. The minimum atomic E-state index is -0.0526. The van der Waals surface area contributed by atoms with E-state index in [0.717, 1.165) is 25.3 Å². The van der Waals surface area contributed by atoms with Crippen molar-refractivity contribution < 1.29 is 4.79 Å². The number of nitrogens with one attached hydrogen (secondary N) is 2. The van der Waals surface area contributed by atoms with Crippen molar-refractivity contribution >= 4 is 11.6 Å². The van der Waals surface area contributed by atoms with Crippen LogP contribution in [0.4, 0.5) is 5.69 Å². The van der Waals surface area contributed by atoms with Crippen LogP contribution in [0.5, 0.6) is 0 Å². The fourth-order valence-corrected chi connectivity index (χ4v) is 1.94. The van der Waals surface area contributed by atoms with Gasteiger partial charge in [-0.3, -0.25) is 10.6 Å². The Bertz CT molecular complexity index is 387. The Kier molecular flexibility index (Phi) is 6.32. The second kappa shape index (κ2) is 7.76. The van der Waals surface area contributed by atoms with Crippen LogP contribution in [0.25, 0.3) is 0 Å². The quantitative estimate of drug-likeness (QED) is 0.515. The van der Waals surface area contributed by atoms with E-state index >= 15 is 0 Å². The van der Waals surface area contributed by atoms with Gasteiger partial charge in [0.05, 0.1) is 0 Å². The number of hydrazine groups is 1. The van der Waals surface area contributed by atoms with Gasteiger partial charge < -0.3 is 15.6 Å². The Morgan fingerprint density at radius 2 is 1.84 bits per heavy atom. The maximum absolute atomic E-state index is 12.0. The van der Waals surface area contributed by atoms with Gasteiger partial charge in [-0.2, -0.15) is 0 Å². The molecule has 4 N–H and O–H groups in total. The number of likely N-dealkylation sites (N-methyl/N-ethyl adjacent to an activating group) is 1. The zero-order valence-corrected chi connectivity index (χ0v) is 11.9. The van der Waals surface area contributed by atoms with Crippen molar-refractivity contribution in [3.8, 4) is 0 Å². The highest BCUT2D eigenvalue weighted by molar-refractivity contribution is 5.94. The first-order valence-electron chi connectivity index (χ1n) is 6.70. The lowest BCUT2D eigenvalue weighted by atomic mass is 10.2. The van der Waals surface area contributed by atoms with Crippen LogP contribution in [0.15, 0.2) is 24.3 Å². The van der Waals surface area contributed by atoms with E-state index in [1.807, 2.05) is 6.92 Å². The first-order chi connectivity index (χ1) is 9.10. The second-order valence-electron chi connectivity index (χ2n) is 4.58. The van der Waals surface area contributed by atoms with Crippen LogP contribution in [0.3, 0.4) is 0 Å². The third-order valence-electron chi connectivity index (χ3n) is 3.12. The van der Waals surface area contributed by atoms with Crippen LogP contribution in [-0.4, -0.2) is 36.5 Å². The maximum Gasteiger partial charge on any atom is 0.251 e. The molecule has 1 unspecified atom stereocenters. The van der Waals surface area contributed by atoms with E-state index in [0.29, 0.717) is 5.56 Å². The Hall–Kier alpha value is -1.59. The summed E-state index contributed by atoms with van der Waals surface area (Å²) in [4.78, 5) is 14.3. The molecule has 106 valence electrons. The third-order valence-corrected chi connectivity index (χ3v) is 3.12. The van der Waals surface area contributed by atoms with E-state index in [1.165, 1.54) is 0 Å². The normalized spacial score (nSPS) is 12.3. The summed E-state index contributed by atoms with van der Waals surface area (Å²) in [5.74, 6) is 5.23. The minimum absolute atomic E-state index is 0.0526. The third kappa shape index (κ3) is 4.89. The summed E-state index contributed by atoms with van der Waals surface area (Å²) in [7, 11) is 0. The van der Waals surface area contributed by atoms with Crippen molar-refractivity contribution in [1.82, 2.24) is 10.2 Å². The minimum Gasteiger partial charge on any atom is -0.348 e. The van der Waals surface area contributed by atoms with Crippen molar-refractivity contribution in [3.63, 3.8) is 0 Å². The molecular weight excluding hydrogens is 240 g/mol. The number of nitrogen functional groups attached to an aromatic ring is 1. The van der Waals surface area contributed by atoms with E-state index in [-0.39, 0.29) is 11.9 Å². The van der Waals surface area contributed by atoms with Gasteiger partial charge in [-0.15, -0.1) is 0 Å². The maximum atomic E-state index is 12.0. The summed E-state index contributed by atoms with van der Waals surface area (Å²) in [6.45, 7) is 9.11. The number of anilines is 1. The summed E-state index contributed by atoms with van der Waals surface area (Å²) in [5.41, 5.74) is 3.97. The summed E-state index contributed by atoms with van der Waals surface area (Å²) in [5, 5.41) is 3.00. The number of carbonyl (C=O) groups is 1. The van der Waals surface area contributed by atoms with Gasteiger partial charge in [0.1, 0.15) is 0 Å². The lowest BCUT2D eigenvalue weighted by Gasteiger charge is -2.23. The molecule has 1 aromatic carbocycles. The molecule has 0 saturated heterocycles. The zero-order chi connectivity index (χ0) is 14.3. The summed E-state index contributed by atoms with van der Waals surface area (Å²) < 4.78 is 0. The van der Waals surface area contributed by atoms with Gasteiger partial charge in [0.25, 0.3) is 5.91 Å². The molecule has 0 heterocycles. The molecule has 0 aromatic heterocycles. The molecule has 1 amide bonds. The fourth-order valence-electron chi connectivity index (χ4n) is 1.94. The van der Waals surface area contributed by atoms with E-state index < -0.39 is 0 Å². The van der Waals surface area contributed by atoms with Gasteiger partial charge >= 0.3 is 0 Å². The molecule has 0 aliphatic heterocycles. The van der Waals surface area contributed by atoms with Gasteiger partial charge in [-0.25, -0.2) is 0 Å². The first kappa shape index (κ1) is 15.5. The fraction of sp³-hybridized carbons (Fsp3) is 0.500. The van der Waals surface area contributed by atoms with E-state index in [2.05, 4.69) is 29.5 Å². The van der Waals surface area contributed by atoms with Gasteiger partial charge in [-0.05, 0) is 44.3 Å². The number of nitrogens with zero attached hydrogens (tertiary/aromatic N) is 1. The highest BCUT2D eigenvalue weighted by Gasteiger charge is 2.11. The SMILES string of the molecule is CCN(CC)CC(C)NC(=O)c1ccc(NN)cc1. The molecular formula is C14H24N4O. The average Bonchev–Trinajstić information content (AvgIpc) is 2.44. The largest absolute Gasteiger partial charge is 0.348 e. The zero-order valence-electron chi connectivity index (χ0n) is 11.9. The summed E-state index contributed by atoms with van der Waals surface area (Å²) in [6, 6.07) is 7.21. The molecule has 0 spiro atoms. The lowest BCUT2D eigenvalue weighted by Crippen LogP contribution is -2.41. The number of amides is 1. The van der Waals surface area contributed by atoms with Gasteiger partial charge in [0.2, 0.25) is 0 Å². The molecule has 0 aliphatic carbocycles. The number of hydrogen-bond acceptors (Lipinski definition) is 4. The topological polar surface area (TPSA) is 70.4 Å². The van der Waals surface area contributed by atoms with Crippen LogP contribution >= 0.6 is 0 Å². The van der Waals surface area contributed by atoms with E-state index in [4.69, 9.17) is 5.84 Å². The van der Waals surface area contributed by atoms with Crippen molar-refractivity contribution in [2.24, 2.45) is 5.84 Å². The molecule has 0 bridgehead atoms. The molecule has 0 aliphatic rings. The molecule has 1 rings (SSSR count). The Balaban J connectivity index is 2.53. The van der Waals surface area contributed by atoms with Gasteiger partial charge in [-0.1, -0.05) is 13.8 Å². The van der Waals surface area contributed by atoms with Gasteiger partial charge in [0, 0.05) is 23.8 Å². The van der Waals surface area contributed by atoms with Crippen molar-refractivity contribution in [2.75, 3.05) is 25.1 Å². The number of benzene rings is 1. The second-order valence-corrected chi connectivity index (χ2v) is 4.58. The summed E-state index contributed by atoms with van der Waals surface area (Å²) in [6.07, 6.45) is 0. The Morgan fingerprint density at radius 3 is 2.32 bits per heavy atom. The van der Waals surface area contributed by atoms with Crippen LogP contribution in [0, 0.1) is 0 Å². The predicted molar refractivity (Wildman–Crippen MR) is 79.0 cm³/mol. The Labute approximate surface area is 115 Å². The number of carbonyl (C=O) groups excluding carboxylic acids is 1. The molecule has 5 nitrogen and oxygen atoms in total. The van der Waals surface area contributed by atoms with Crippen LogP contribution in [0.1, 0.15) is 31.1 Å². The monoisotopic (exact) mass is 264 g/mol. The van der Waals surface area contributed by atoms with Crippen LogP contribution in [0.2, 0.25) is 0 Å². The van der Waals surface area contributed by atoms with E-state index in [1.54, 1.807) is 24.3 Å². The predicted octanol–water partition coefficient (Wildman–Crippen LogP) is 1.43. The average molecular weight is 264 g/mol. The number of nitrogens with two attached hydrogens (primary N) is 1. The van der Waals surface area contributed by atoms with Crippen molar-refractivity contribution in [2.45, 2.75) is 26.8 Å². The van der Waals surface area contributed by atoms with Crippen molar-refractivity contribution in [3.05, 3.63) is 29.8 Å². The first-order valence-corrected chi connectivity index (χ1v) is 6.70. The lowest BCUT2D eigenvalue weighted by molar-refractivity contribution is 0.0930. The highest BCUT2D eigenvalue weighted by atomic mass is 16.1. The molecule has 1 atom stereocenters. The summed E-state index contributed by atoms with van der Waals surface area (Å²) >= 11 is 0. The molecule has 19 heavy (non-hydrogen) atoms. The number of rotatable bonds is 7. The van der Waals surface area contributed by atoms with Crippen molar-refractivity contribution in [1.29, 1.82) is 0 Å². The van der Waals surface area contributed by atoms with E-state index in [9.17, 15) is 4.79 Å². The molecule has 0 fully saturated rings. The molecule has 1 aromatic rings. The molecule has 5 heteroatoms. The van der Waals surface area contributed by atoms with Gasteiger partial charge in [0.15, 0.2) is 0 Å². The van der Waals surface area contributed by atoms with Crippen LogP contribution < -0.4 is 16.6 Å². The standard InChI is InChI=1S/C14H24N4O/c1-4-18(5-2)10-11(3)16-14(19)12-6-8-13(17-15)9-7-12/h6-9,11,17H,4-5,10,15H2,1-3H3,(H,16,19). The highest BCUT2D eigenvalue weighted by Crippen LogP contribution is 2.08. The number of hydrogen-bond donors (Lipinski definition) is 3. The smallest absolute Gasteiger partial charge is 0.251 e.